The summed E-state index contributed by atoms with van der Waals surface area (Å²) >= 11 is 11.2. The highest BCUT2D eigenvalue weighted by molar-refractivity contribution is 7.80. The van der Waals surface area contributed by atoms with Gasteiger partial charge in [0.25, 0.3) is 0 Å². The van der Waals surface area contributed by atoms with Gasteiger partial charge >= 0.3 is 0 Å². The Morgan fingerprint density at radius 3 is 3.00 bits per heavy atom. The standard InChI is InChI=1S/C14H19ClN2OS/c1-18-13-6-5-11(15)8-10(13)9-17-7-3-2-4-12(17)14(16)19/h5-6,8,12H,2-4,7,9H2,1H3,(H2,16,19). The van der Waals surface area contributed by atoms with Crippen LogP contribution in [0.5, 0.6) is 5.75 Å². The first-order valence-corrected chi connectivity index (χ1v) is 7.26. The zero-order valence-corrected chi connectivity index (χ0v) is 12.6. The van der Waals surface area contributed by atoms with Crippen molar-refractivity contribution in [3.63, 3.8) is 0 Å². The molecule has 104 valence electrons. The Hall–Kier alpha value is -0.840. The number of nitrogens with zero attached hydrogens (tertiary/aromatic N) is 1. The largest absolute Gasteiger partial charge is 0.496 e. The van der Waals surface area contributed by atoms with Crippen LogP contribution in [-0.2, 0) is 6.54 Å². The van der Waals surface area contributed by atoms with E-state index < -0.39 is 0 Å². The zero-order valence-electron chi connectivity index (χ0n) is 11.1. The second kappa shape index (κ2) is 6.55. The van der Waals surface area contributed by atoms with Gasteiger partial charge in [0.15, 0.2) is 0 Å². The molecule has 0 bridgehead atoms. The Kier molecular flexibility index (Phi) is 5.02. The fourth-order valence-corrected chi connectivity index (χ4v) is 3.05. The normalized spacial score (nSPS) is 20.2. The first-order chi connectivity index (χ1) is 9.11. The van der Waals surface area contributed by atoms with Crippen LogP contribution in [0.25, 0.3) is 0 Å². The molecule has 0 spiro atoms. The number of likely N-dealkylation sites (tertiary alicyclic amines) is 1. The van der Waals surface area contributed by atoms with Crippen LogP contribution >= 0.6 is 23.8 Å². The van der Waals surface area contributed by atoms with Gasteiger partial charge in [0.1, 0.15) is 5.75 Å². The number of piperidine rings is 1. The van der Waals surface area contributed by atoms with Crippen molar-refractivity contribution in [2.75, 3.05) is 13.7 Å². The van der Waals surface area contributed by atoms with Crippen LogP contribution in [0.3, 0.4) is 0 Å². The van der Waals surface area contributed by atoms with Crippen LogP contribution in [0.15, 0.2) is 18.2 Å². The van der Waals surface area contributed by atoms with Crippen molar-refractivity contribution in [1.29, 1.82) is 0 Å². The van der Waals surface area contributed by atoms with Crippen LogP contribution in [0.2, 0.25) is 5.02 Å². The van der Waals surface area contributed by atoms with Crippen molar-refractivity contribution in [3.8, 4) is 5.75 Å². The van der Waals surface area contributed by atoms with E-state index in [9.17, 15) is 0 Å². The molecule has 0 saturated carbocycles. The molecular formula is C14H19ClN2OS. The minimum absolute atomic E-state index is 0.187. The Morgan fingerprint density at radius 1 is 1.53 bits per heavy atom. The molecule has 3 nitrogen and oxygen atoms in total. The Bertz CT molecular complexity index is 467. The Labute approximate surface area is 124 Å². The minimum Gasteiger partial charge on any atom is -0.496 e. The highest BCUT2D eigenvalue weighted by Gasteiger charge is 2.25. The Balaban J connectivity index is 2.18. The van der Waals surface area contributed by atoms with E-state index in [0.717, 1.165) is 35.8 Å². The van der Waals surface area contributed by atoms with Crippen molar-refractivity contribution < 1.29 is 4.74 Å². The average molecular weight is 299 g/mol. The van der Waals surface area contributed by atoms with Gasteiger partial charge in [-0.15, -0.1) is 0 Å². The quantitative estimate of drug-likeness (QED) is 0.867. The summed E-state index contributed by atoms with van der Waals surface area (Å²) in [4.78, 5) is 2.90. The van der Waals surface area contributed by atoms with Crippen molar-refractivity contribution >= 4 is 28.8 Å². The molecule has 2 N–H and O–H groups in total. The summed E-state index contributed by atoms with van der Waals surface area (Å²) in [5, 5.41) is 0.722. The molecule has 0 aromatic heterocycles. The highest BCUT2D eigenvalue weighted by Crippen LogP contribution is 2.27. The number of hydrogen-bond donors (Lipinski definition) is 1. The van der Waals surface area contributed by atoms with Crippen LogP contribution in [-0.4, -0.2) is 29.6 Å². The predicted octanol–water partition coefficient (Wildman–Crippen LogP) is 2.99. The zero-order chi connectivity index (χ0) is 13.8. The van der Waals surface area contributed by atoms with E-state index in [-0.39, 0.29) is 6.04 Å². The number of halogens is 1. The van der Waals surface area contributed by atoms with Crippen LogP contribution in [0.1, 0.15) is 24.8 Å². The van der Waals surface area contributed by atoms with Crippen molar-refractivity contribution in [2.24, 2.45) is 5.73 Å². The summed E-state index contributed by atoms with van der Waals surface area (Å²) in [6, 6.07) is 5.88. The monoisotopic (exact) mass is 298 g/mol. The van der Waals surface area contributed by atoms with E-state index >= 15 is 0 Å². The first kappa shape index (κ1) is 14.6. The molecule has 1 atom stereocenters. The lowest BCUT2D eigenvalue weighted by atomic mass is 10.0. The smallest absolute Gasteiger partial charge is 0.123 e. The van der Waals surface area contributed by atoms with Crippen molar-refractivity contribution in [3.05, 3.63) is 28.8 Å². The molecule has 1 unspecified atom stereocenters. The molecule has 2 rings (SSSR count). The van der Waals surface area contributed by atoms with Gasteiger partial charge in [0, 0.05) is 17.1 Å². The second-order valence-electron chi connectivity index (χ2n) is 4.84. The minimum atomic E-state index is 0.187. The van der Waals surface area contributed by atoms with Gasteiger partial charge < -0.3 is 10.5 Å². The molecule has 1 heterocycles. The maximum atomic E-state index is 6.07. The van der Waals surface area contributed by atoms with Crippen molar-refractivity contribution in [1.82, 2.24) is 4.90 Å². The lowest BCUT2D eigenvalue weighted by Crippen LogP contribution is -2.46. The SMILES string of the molecule is COc1ccc(Cl)cc1CN1CCCCC1C(N)=S. The lowest BCUT2D eigenvalue weighted by molar-refractivity contribution is 0.182. The van der Waals surface area contributed by atoms with E-state index in [1.807, 2.05) is 18.2 Å². The summed E-state index contributed by atoms with van der Waals surface area (Å²) in [6.07, 6.45) is 3.41. The average Bonchev–Trinajstić information content (AvgIpc) is 2.39. The number of methoxy groups -OCH3 is 1. The van der Waals surface area contributed by atoms with Gasteiger partial charge in [0.05, 0.1) is 18.1 Å². The number of thiocarbonyl (C=S) groups is 1. The molecule has 1 fully saturated rings. The third-order valence-electron chi connectivity index (χ3n) is 3.56. The molecular weight excluding hydrogens is 280 g/mol. The van der Waals surface area contributed by atoms with E-state index in [1.54, 1.807) is 7.11 Å². The predicted molar refractivity (Wildman–Crippen MR) is 82.8 cm³/mol. The number of benzene rings is 1. The van der Waals surface area contributed by atoms with Gasteiger partial charge in [-0.1, -0.05) is 30.2 Å². The number of nitrogens with two attached hydrogens (primary N) is 1. The van der Waals surface area contributed by atoms with Crippen molar-refractivity contribution in [2.45, 2.75) is 31.8 Å². The summed E-state index contributed by atoms with van der Waals surface area (Å²) in [5.41, 5.74) is 6.93. The molecule has 0 radical (unpaired) electrons. The van der Waals surface area contributed by atoms with E-state index in [1.165, 1.54) is 12.8 Å². The van der Waals surface area contributed by atoms with E-state index in [0.29, 0.717) is 4.99 Å². The Morgan fingerprint density at radius 2 is 2.32 bits per heavy atom. The molecule has 0 amide bonds. The molecule has 1 aromatic carbocycles. The number of rotatable bonds is 4. The molecule has 1 aromatic rings. The van der Waals surface area contributed by atoms with Crippen LogP contribution in [0, 0.1) is 0 Å². The molecule has 5 heteroatoms. The molecule has 1 aliphatic rings. The van der Waals surface area contributed by atoms with Gasteiger partial charge in [-0.3, -0.25) is 4.90 Å². The third kappa shape index (κ3) is 3.59. The second-order valence-corrected chi connectivity index (χ2v) is 5.75. The topological polar surface area (TPSA) is 38.5 Å². The van der Waals surface area contributed by atoms with E-state index in [4.69, 9.17) is 34.3 Å². The van der Waals surface area contributed by atoms with Gasteiger partial charge in [-0.25, -0.2) is 0 Å². The summed E-state index contributed by atoms with van der Waals surface area (Å²) < 4.78 is 5.39. The van der Waals surface area contributed by atoms with Crippen LogP contribution in [0.4, 0.5) is 0 Å². The maximum Gasteiger partial charge on any atom is 0.123 e. The number of hydrogen-bond acceptors (Lipinski definition) is 3. The molecule has 1 saturated heterocycles. The first-order valence-electron chi connectivity index (χ1n) is 6.47. The molecule has 0 aliphatic carbocycles. The number of ether oxygens (including phenoxy) is 1. The summed E-state index contributed by atoms with van der Waals surface area (Å²) in [7, 11) is 1.67. The van der Waals surface area contributed by atoms with E-state index in [2.05, 4.69) is 4.90 Å². The lowest BCUT2D eigenvalue weighted by Gasteiger charge is -2.35. The molecule has 19 heavy (non-hydrogen) atoms. The fourth-order valence-electron chi connectivity index (χ4n) is 2.59. The van der Waals surface area contributed by atoms with Gasteiger partial charge in [0.2, 0.25) is 0 Å². The van der Waals surface area contributed by atoms with Gasteiger partial charge in [-0.2, -0.15) is 0 Å². The highest BCUT2D eigenvalue weighted by atomic mass is 35.5. The maximum absolute atomic E-state index is 6.07. The fraction of sp³-hybridized carbons (Fsp3) is 0.500. The molecule has 1 aliphatic heterocycles. The summed E-state index contributed by atoms with van der Waals surface area (Å²) in [6.45, 7) is 1.78. The summed E-state index contributed by atoms with van der Waals surface area (Å²) in [5.74, 6) is 0.858. The third-order valence-corrected chi connectivity index (χ3v) is 4.07. The van der Waals surface area contributed by atoms with Gasteiger partial charge in [-0.05, 0) is 37.6 Å². The van der Waals surface area contributed by atoms with Crippen LogP contribution < -0.4 is 10.5 Å².